The lowest BCUT2D eigenvalue weighted by molar-refractivity contribution is -0.119. The van der Waals surface area contributed by atoms with Crippen LogP contribution in [-0.2, 0) is 9.53 Å². The molecule has 8 heteroatoms. The van der Waals surface area contributed by atoms with Gasteiger partial charge in [0.1, 0.15) is 16.3 Å². The van der Waals surface area contributed by atoms with Crippen molar-refractivity contribution in [3.8, 4) is 11.5 Å². The summed E-state index contributed by atoms with van der Waals surface area (Å²) in [5.74, 6) is 0.0835. The van der Waals surface area contributed by atoms with Crippen LogP contribution in [0, 0.1) is 13.8 Å². The normalized spacial score (nSPS) is 10.3. The molecule has 0 bridgehead atoms. The fourth-order valence-corrected chi connectivity index (χ4v) is 3.30. The molecule has 150 valence electrons. The van der Waals surface area contributed by atoms with Gasteiger partial charge in [-0.15, -0.1) is 0 Å². The number of carbonyl (C=O) groups is 2. The molecule has 3 rings (SSSR count). The number of hydrogen-bond acceptors (Lipinski definition) is 7. The van der Waals surface area contributed by atoms with Crippen molar-refractivity contribution in [2.75, 3.05) is 24.3 Å². The number of amides is 1. The molecule has 0 radical (unpaired) electrons. The van der Waals surface area contributed by atoms with Crippen molar-refractivity contribution in [3.63, 3.8) is 0 Å². The molecule has 7 nitrogen and oxygen atoms in total. The summed E-state index contributed by atoms with van der Waals surface area (Å²) >= 11 is 1.17. The lowest BCUT2D eigenvalue weighted by atomic mass is 10.2. The third-order valence-electron chi connectivity index (χ3n) is 4.04. The van der Waals surface area contributed by atoms with Crippen molar-refractivity contribution in [2.45, 2.75) is 13.8 Å². The largest absolute Gasteiger partial charge is 0.455 e. The van der Waals surface area contributed by atoms with Crippen LogP contribution in [0.15, 0.2) is 48.5 Å². The summed E-state index contributed by atoms with van der Waals surface area (Å²) in [6, 6.07) is 14.6. The molecule has 2 N–H and O–H groups in total. The standard InChI is InChI=1S/C21H21N3O4S/c1-13-8-10-15(11-9-13)28-17-7-5-4-6-16(17)23-18(25)12-27-21(26)19-14(2)24-29-20(19)22-3/h4-11,22H,12H2,1-3H3,(H,23,25). The van der Waals surface area contributed by atoms with E-state index < -0.39 is 18.5 Å². The third kappa shape index (κ3) is 5.11. The van der Waals surface area contributed by atoms with Crippen LogP contribution >= 0.6 is 11.5 Å². The van der Waals surface area contributed by atoms with Crippen LogP contribution in [0.2, 0.25) is 0 Å². The molecular weight excluding hydrogens is 390 g/mol. The van der Waals surface area contributed by atoms with E-state index in [1.807, 2.05) is 37.3 Å². The predicted molar refractivity (Wildman–Crippen MR) is 113 cm³/mol. The Morgan fingerprint density at radius 2 is 1.79 bits per heavy atom. The number of ether oxygens (including phenoxy) is 2. The third-order valence-corrected chi connectivity index (χ3v) is 4.99. The summed E-state index contributed by atoms with van der Waals surface area (Å²) in [6.45, 7) is 3.29. The molecule has 2 aromatic carbocycles. The molecule has 29 heavy (non-hydrogen) atoms. The van der Waals surface area contributed by atoms with E-state index in [0.717, 1.165) is 5.56 Å². The van der Waals surface area contributed by atoms with E-state index in [9.17, 15) is 9.59 Å². The average Bonchev–Trinajstić information content (AvgIpc) is 3.10. The summed E-state index contributed by atoms with van der Waals surface area (Å²) < 4.78 is 15.1. The highest BCUT2D eigenvalue weighted by atomic mass is 32.1. The second kappa shape index (κ2) is 9.20. The number of aromatic nitrogens is 1. The second-order valence-electron chi connectivity index (χ2n) is 6.26. The minimum Gasteiger partial charge on any atom is -0.455 e. The Balaban J connectivity index is 1.63. The van der Waals surface area contributed by atoms with Crippen molar-refractivity contribution in [1.29, 1.82) is 0 Å². The van der Waals surface area contributed by atoms with Crippen LogP contribution < -0.4 is 15.4 Å². The summed E-state index contributed by atoms with van der Waals surface area (Å²) in [4.78, 5) is 24.6. The van der Waals surface area contributed by atoms with E-state index in [0.29, 0.717) is 33.4 Å². The number of esters is 1. The Morgan fingerprint density at radius 1 is 1.07 bits per heavy atom. The van der Waals surface area contributed by atoms with E-state index in [1.54, 1.807) is 32.2 Å². The molecule has 0 aliphatic heterocycles. The molecule has 1 amide bonds. The van der Waals surface area contributed by atoms with Crippen LogP contribution in [0.4, 0.5) is 10.7 Å². The molecule has 0 saturated carbocycles. The first kappa shape index (κ1) is 20.3. The molecule has 1 heterocycles. The Labute approximate surface area is 172 Å². The fourth-order valence-electron chi connectivity index (χ4n) is 2.56. The number of benzene rings is 2. The van der Waals surface area contributed by atoms with Crippen LogP contribution in [0.3, 0.4) is 0 Å². The average molecular weight is 411 g/mol. The Kier molecular flexibility index (Phi) is 6.46. The SMILES string of the molecule is CNc1snc(C)c1C(=O)OCC(=O)Nc1ccccc1Oc1ccc(C)cc1. The topological polar surface area (TPSA) is 89.5 Å². The number of aryl methyl sites for hydroxylation is 2. The van der Waals surface area contributed by atoms with Crippen LogP contribution in [0.25, 0.3) is 0 Å². The Morgan fingerprint density at radius 3 is 2.52 bits per heavy atom. The molecule has 0 aliphatic rings. The highest BCUT2D eigenvalue weighted by Gasteiger charge is 2.20. The van der Waals surface area contributed by atoms with E-state index in [-0.39, 0.29) is 0 Å². The summed E-state index contributed by atoms with van der Waals surface area (Å²) in [5.41, 5.74) is 2.51. The molecule has 0 fully saturated rings. The van der Waals surface area contributed by atoms with E-state index in [2.05, 4.69) is 15.0 Å². The van der Waals surface area contributed by atoms with Crippen LogP contribution in [-0.4, -0.2) is 29.9 Å². The van der Waals surface area contributed by atoms with Gasteiger partial charge in [-0.1, -0.05) is 29.8 Å². The van der Waals surface area contributed by atoms with E-state index in [1.165, 1.54) is 11.5 Å². The van der Waals surface area contributed by atoms with Gasteiger partial charge in [0.15, 0.2) is 12.4 Å². The van der Waals surface area contributed by atoms with Gasteiger partial charge in [-0.3, -0.25) is 4.79 Å². The maximum absolute atomic E-state index is 12.3. The predicted octanol–water partition coefficient (Wildman–Crippen LogP) is 4.39. The van der Waals surface area contributed by atoms with Gasteiger partial charge in [-0.05, 0) is 49.6 Å². The maximum Gasteiger partial charge on any atom is 0.343 e. The molecular formula is C21H21N3O4S. The first-order valence-corrected chi connectivity index (χ1v) is 9.70. The molecule has 0 aliphatic carbocycles. The summed E-state index contributed by atoms with van der Waals surface area (Å²) in [5, 5.41) is 6.21. The second-order valence-corrected chi connectivity index (χ2v) is 7.03. The van der Waals surface area contributed by atoms with Crippen molar-refractivity contribution in [3.05, 3.63) is 65.4 Å². The lowest BCUT2D eigenvalue weighted by Crippen LogP contribution is -2.21. The van der Waals surface area contributed by atoms with Gasteiger partial charge in [0.2, 0.25) is 0 Å². The van der Waals surface area contributed by atoms with Gasteiger partial charge < -0.3 is 20.1 Å². The molecule has 1 aromatic heterocycles. The van der Waals surface area contributed by atoms with Gasteiger partial charge in [-0.2, -0.15) is 4.37 Å². The zero-order chi connectivity index (χ0) is 20.8. The number of rotatable bonds is 7. The number of nitrogens with one attached hydrogen (secondary N) is 2. The number of anilines is 2. The number of para-hydroxylation sites is 2. The first-order valence-electron chi connectivity index (χ1n) is 8.92. The van der Waals surface area contributed by atoms with E-state index >= 15 is 0 Å². The van der Waals surface area contributed by atoms with Crippen molar-refractivity contribution < 1.29 is 19.1 Å². The smallest absolute Gasteiger partial charge is 0.343 e. The summed E-state index contributed by atoms with van der Waals surface area (Å²) in [7, 11) is 1.70. The van der Waals surface area contributed by atoms with Crippen molar-refractivity contribution in [2.24, 2.45) is 0 Å². The van der Waals surface area contributed by atoms with Gasteiger partial charge in [0.25, 0.3) is 5.91 Å². The van der Waals surface area contributed by atoms with Crippen molar-refractivity contribution >= 4 is 34.1 Å². The highest BCUT2D eigenvalue weighted by Crippen LogP contribution is 2.29. The number of carbonyl (C=O) groups excluding carboxylic acids is 2. The van der Waals surface area contributed by atoms with Crippen molar-refractivity contribution in [1.82, 2.24) is 4.37 Å². The quantitative estimate of drug-likeness (QED) is 0.561. The molecule has 0 spiro atoms. The van der Waals surface area contributed by atoms with Gasteiger partial charge in [-0.25, -0.2) is 4.79 Å². The minimum absolute atomic E-state index is 0.341. The Hall–Kier alpha value is -3.39. The molecule has 3 aromatic rings. The van der Waals surface area contributed by atoms with Gasteiger partial charge >= 0.3 is 5.97 Å². The first-order chi connectivity index (χ1) is 14.0. The molecule has 0 unspecified atom stereocenters. The summed E-state index contributed by atoms with van der Waals surface area (Å²) in [6.07, 6.45) is 0. The maximum atomic E-state index is 12.3. The number of hydrogen-bond donors (Lipinski definition) is 2. The molecule has 0 saturated heterocycles. The monoisotopic (exact) mass is 411 g/mol. The van der Waals surface area contributed by atoms with Gasteiger partial charge in [0, 0.05) is 7.05 Å². The zero-order valence-corrected chi connectivity index (χ0v) is 17.1. The lowest BCUT2D eigenvalue weighted by Gasteiger charge is -2.12. The molecule has 0 atom stereocenters. The minimum atomic E-state index is -0.597. The van der Waals surface area contributed by atoms with Crippen LogP contribution in [0.1, 0.15) is 21.6 Å². The highest BCUT2D eigenvalue weighted by molar-refractivity contribution is 7.10. The Bertz CT molecular complexity index is 1020. The van der Waals surface area contributed by atoms with Gasteiger partial charge in [0.05, 0.1) is 11.4 Å². The zero-order valence-electron chi connectivity index (χ0n) is 16.3. The number of nitrogens with zero attached hydrogens (tertiary/aromatic N) is 1. The fraction of sp³-hybridized carbons (Fsp3) is 0.190. The van der Waals surface area contributed by atoms with Crippen LogP contribution in [0.5, 0.6) is 11.5 Å². The van der Waals surface area contributed by atoms with E-state index in [4.69, 9.17) is 9.47 Å².